The Kier molecular flexibility index (Phi) is 1.81. The molecule has 0 saturated carbocycles. The predicted octanol–water partition coefficient (Wildman–Crippen LogP) is 1.62. The minimum absolute atomic E-state index is 0.452. The van der Waals surface area contributed by atoms with Gasteiger partial charge in [0.15, 0.2) is 0 Å². The Bertz CT molecular complexity index is 269. The summed E-state index contributed by atoms with van der Waals surface area (Å²) in [6, 6.07) is 5.53. The van der Waals surface area contributed by atoms with Crippen molar-refractivity contribution < 1.29 is 0 Å². The zero-order valence-corrected chi connectivity index (χ0v) is 5.41. The van der Waals surface area contributed by atoms with Crippen LogP contribution >= 0.6 is 0 Å². The van der Waals surface area contributed by atoms with E-state index in [1.165, 1.54) is 0 Å². The lowest BCUT2D eigenvalue weighted by Gasteiger charge is -1.91. The van der Waals surface area contributed by atoms with Gasteiger partial charge in [-0.15, -0.1) is 0 Å². The smallest absolute Gasteiger partial charge is 0.0992 e. The summed E-state index contributed by atoms with van der Waals surface area (Å²) < 4.78 is 0. The SMILES string of the molecule is C=C(C#N)c1cccnc1. The van der Waals surface area contributed by atoms with Gasteiger partial charge in [-0.25, -0.2) is 0 Å². The summed E-state index contributed by atoms with van der Waals surface area (Å²) in [5, 5.41) is 8.41. The molecule has 1 aromatic heterocycles. The van der Waals surface area contributed by atoms with Crippen molar-refractivity contribution in [2.75, 3.05) is 0 Å². The van der Waals surface area contributed by atoms with E-state index in [4.69, 9.17) is 5.26 Å². The summed E-state index contributed by atoms with van der Waals surface area (Å²) >= 11 is 0. The van der Waals surface area contributed by atoms with Crippen LogP contribution in [0.4, 0.5) is 0 Å². The quantitative estimate of drug-likeness (QED) is 0.541. The summed E-state index contributed by atoms with van der Waals surface area (Å²) in [5.74, 6) is 0. The van der Waals surface area contributed by atoms with Gasteiger partial charge in [0.25, 0.3) is 0 Å². The second kappa shape index (κ2) is 2.79. The van der Waals surface area contributed by atoms with Crippen molar-refractivity contribution in [2.45, 2.75) is 0 Å². The molecule has 0 fully saturated rings. The van der Waals surface area contributed by atoms with Gasteiger partial charge in [-0.05, 0) is 6.07 Å². The van der Waals surface area contributed by atoms with Crippen molar-refractivity contribution in [1.82, 2.24) is 4.98 Å². The van der Waals surface area contributed by atoms with Crippen LogP contribution in [0.1, 0.15) is 5.56 Å². The van der Waals surface area contributed by atoms with Crippen LogP contribution in [-0.4, -0.2) is 4.98 Å². The number of nitriles is 1. The molecule has 0 spiro atoms. The number of nitrogens with zero attached hydrogens (tertiary/aromatic N) is 2. The van der Waals surface area contributed by atoms with E-state index >= 15 is 0 Å². The Labute approximate surface area is 59.4 Å². The van der Waals surface area contributed by atoms with Gasteiger partial charge in [0, 0.05) is 18.0 Å². The molecule has 0 aromatic carbocycles. The summed E-state index contributed by atoms with van der Waals surface area (Å²) in [6.07, 6.45) is 3.28. The molecule has 0 amide bonds. The van der Waals surface area contributed by atoms with Crippen LogP contribution in [-0.2, 0) is 0 Å². The van der Waals surface area contributed by atoms with Gasteiger partial charge in [-0.2, -0.15) is 5.26 Å². The fraction of sp³-hybridized carbons (Fsp3) is 0. The van der Waals surface area contributed by atoms with E-state index < -0.39 is 0 Å². The normalized spacial score (nSPS) is 8.30. The number of rotatable bonds is 1. The molecule has 0 bridgehead atoms. The standard InChI is InChI=1S/C8H6N2/c1-7(5-9)8-3-2-4-10-6-8/h2-4,6H,1H2. The predicted molar refractivity (Wildman–Crippen MR) is 38.9 cm³/mol. The summed E-state index contributed by atoms with van der Waals surface area (Å²) in [5.41, 5.74) is 1.23. The van der Waals surface area contributed by atoms with E-state index in [9.17, 15) is 0 Å². The molecule has 0 unspecified atom stereocenters. The van der Waals surface area contributed by atoms with Crippen LogP contribution in [0.5, 0.6) is 0 Å². The molecule has 0 saturated heterocycles. The molecular formula is C8H6N2. The topological polar surface area (TPSA) is 36.7 Å². The van der Waals surface area contributed by atoms with Crippen molar-refractivity contribution >= 4 is 5.57 Å². The Morgan fingerprint density at radius 1 is 1.70 bits per heavy atom. The average molecular weight is 130 g/mol. The molecule has 10 heavy (non-hydrogen) atoms. The van der Waals surface area contributed by atoms with Gasteiger partial charge < -0.3 is 0 Å². The lowest BCUT2D eigenvalue weighted by molar-refractivity contribution is 1.31. The van der Waals surface area contributed by atoms with E-state index in [0.29, 0.717) is 5.57 Å². The fourth-order valence-corrected chi connectivity index (χ4v) is 0.606. The molecule has 1 heterocycles. The maximum absolute atomic E-state index is 8.41. The second-order valence-corrected chi connectivity index (χ2v) is 1.83. The summed E-state index contributed by atoms with van der Waals surface area (Å²) in [4.78, 5) is 3.84. The van der Waals surface area contributed by atoms with E-state index in [2.05, 4.69) is 11.6 Å². The molecule has 0 aliphatic rings. The van der Waals surface area contributed by atoms with Gasteiger partial charge in [-0.1, -0.05) is 12.6 Å². The minimum Gasteiger partial charge on any atom is -0.264 e. The van der Waals surface area contributed by atoms with Crippen LogP contribution in [0.2, 0.25) is 0 Å². The third-order valence-corrected chi connectivity index (χ3v) is 1.14. The number of pyridine rings is 1. The number of hydrogen-bond donors (Lipinski definition) is 0. The van der Waals surface area contributed by atoms with E-state index in [-0.39, 0.29) is 0 Å². The maximum atomic E-state index is 8.41. The van der Waals surface area contributed by atoms with Gasteiger partial charge in [0.05, 0.1) is 11.6 Å². The Hall–Kier alpha value is -1.62. The molecule has 2 nitrogen and oxygen atoms in total. The van der Waals surface area contributed by atoms with Gasteiger partial charge >= 0.3 is 0 Å². The number of aromatic nitrogens is 1. The van der Waals surface area contributed by atoms with Crippen LogP contribution in [0.25, 0.3) is 5.57 Å². The van der Waals surface area contributed by atoms with Crippen molar-refractivity contribution in [2.24, 2.45) is 0 Å². The monoisotopic (exact) mass is 130 g/mol. The first-order valence-corrected chi connectivity index (χ1v) is 2.84. The first kappa shape index (κ1) is 6.50. The van der Waals surface area contributed by atoms with Gasteiger partial charge in [0.2, 0.25) is 0 Å². The number of allylic oxidation sites excluding steroid dienone is 1. The number of hydrogen-bond acceptors (Lipinski definition) is 2. The van der Waals surface area contributed by atoms with E-state index in [1.54, 1.807) is 24.5 Å². The lowest BCUT2D eigenvalue weighted by atomic mass is 10.1. The zero-order chi connectivity index (χ0) is 7.40. The largest absolute Gasteiger partial charge is 0.264 e. The highest BCUT2D eigenvalue weighted by atomic mass is 14.6. The Morgan fingerprint density at radius 3 is 3.00 bits per heavy atom. The minimum atomic E-state index is 0.452. The lowest BCUT2D eigenvalue weighted by Crippen LogP contribution is -1.78. The van der Waals surface area contributed by atoms with Crippen molar-refractivity contribution in [3.63, 3.8) is 0 Å². The van der Waals surface area contributed by atoms with Crippen LogP contribution < -0.4 is 0 Å². The Morgan fingerprint density at radius 2 is 2.50 bits per heavy atom. The summed E-state index contributed by atoms with van der Waals surface area (Å²) in [6.45, 7) is 3.54. The second-order valence-electron chi connectivity index (χ2n) is 1.83. The van der Waals surface area contributed by atoms with Gasteiger partial charge in [-0.3, -0.25) is 4.98 Å². The summed E-state index contributed by atoms with van der Waals surface area (Å²) in [7, 11) is 0. The highest BCUT2D eigenvalue weighted by Crippen LogP contribution is 2.07. The maximum Gasteiger partial charge on any atom is 0.0992 e. The molecule has 1 rings (SSSR count). The Balaban J connectivity index is 2.99. The average Bonchev–Trinajstić information content (AvgIpc) is 2.05. The highest BCUT2D eigenvalue weighted by Gasteiger charge is 1.93. The molecule has 2 heteroatoms. The van der Waals surface area contributed by atoms with Crippen LogP contribution in [0.3, 0.4) is 0 Å². The van der Waals surface area contributed by atoms with Crippen molar-refractivity contribution in [3.05, 3.63) is 36.7 Å². The molecule has 0 atom stereocenters. The molecule has 0 N–H and O–H groups in total. The molecule has 0 aliphatic carbocycles. The first-order valence-electron chi connectivity index (χ1n) is 2.84. The van der Waals surface area contributed by atoms with E-state index in [0.717, 1.165) is 5.56 Å². The zero-order valence-electron chi connectivity index (χ0n) is 5.41. The highest BCUT2D eigenvalue weighted by molar-refractivity contribution is 5.73. The first-order chi connectivity index (χ1) is 4.84. The van der Waals surface area contributed by atoms with Gasteiger partial charge in [0.1, 0.15) is 0 Å². The molecule has 48 valence electrons. The molecule has 1 aromatic rings. The van der Waals surface area contributed by atoms with Crippen molar-refractivity contribution in [1.29, 1.82) is 5.26 Å². The molecule has 0 aliphatic heterocycles. The van der Waals surface area contributed by atoms with Crippen molar-refractivity contribution in [3.8, 4) is 6.07 Å². The third kappa shape index (κ3) is 1.20. The molecular weight excluding hydrogens is 124 g/mol. The fourth-order valence-electron chi connectivity index (χ4n) is 0.606. The third-order valence-electron chi connectivity index (χ3n) is 1.14. The van der Waals surface area contributed by atoms with Crippen LogP contribution in [0.15, 0.2) is 31.1 Å². The molecule has 0 radical (unpaired) electrons. The van der Waals surface area contributed by atoms with E-state index in [1.807, 2.05) is 6.07 Å². The van der Waals surface area contributed by atoms with Crippen LogP contribution in [0, 0.1) is 11.3 Å².